The lowest BCUT2D eigenvalue weighted by atomic mass is 9.88. The Morgan fingerprint density at radius 3 is 2.64 bits per heavy atom. The van der Waals surface area contributed by atoms with Gasteiger partial charge in [-0.05, 0) is 73.7 Å². The van der Waals surface area contributed by atoms with Crippen LogP contribution < -0.4 is 4.74 Å². The minimum Gasteiger partial charge on any atom is -0.497 e. The maximum atomic E-state index is 11.3. The summed E-state index contributed by atoms with van der Waals surface area (Å²) in [6.45, 7) is 1.90. The average Bonchev–Trinajstić information content (AvgIpc) is 3.65. The predicted molar refractivity (Wildman–Crippen MR) is 140 cm³/mol. The summed E-state index contributed by atoms with van der Waals surface area (Å²) in [6.07, 6.45) is 4.92. The van der Waals surface area contributed by atoms with E-state index in [0.717, 1.165) is 48.5 Å². The van der Waals surface area contributed by atoms with Crippen LogP contribution in [0.15, 0.2) is 77.4 Å². The van der Waals surface area contributed by atoms with Gasteiger partial charge >= 0.3 is 0 Å². The van der Waals surface area contributed by atoms with E-state index in [0.29, 0.717) is 22.5 Å². The molecule has 0 radical (unpaired) electrons. The fraction of sp³-hybridized carbons (Fsp3) is 0.286. The van der Waals surface area contributed by atoms with E-state index >= 15 is 0 Å². The molecule has 1 atom stereocenters. The average molecular weight is 501 g/mol. The number of methoxy groups -OCH3 is 1. The standard InChI is InChI=1S/C28H28N4O3S/c1-34-22-10-5-9-21(18-22)24(31-14-12-20(13-15-31)17-19-7-3-2-4-8-19)25-27(33)32-28(36-25)29-26(30-32)23-11-6-16-35-23/h2-11,16,18,20,24,33H,12-15,17H2,1H3/t24-/m1/s1. The van der Waals surface area contributed by atoms with Gasteiger partial charge < -0.3 is 14.3 Å². The van der Waals surface area contributed by atoms with Gasteiger partial charge in [0.2, 0.25) is 16.7 Å². The number of aromatic nitrogens is 3. The summed E-state index contributed by atoms with van der Waals surface area (Å²) in [7, 11) is 1.68. The molecule has 36 heavy (non-hydrogen) atoms. The second kappa shape index (κ2) is 9.79. The molecule has 8 heteroatoms. The van der Waals surface area contributed by atoms with E-state index in [1.807, 2.05) is 18.2 Å². The Morgan fingerprint density at radius 1 is 1.08 bits per heavy atom. The number of fused-ring (bicyclic) bond motifs is 1. The number of likely N-dealkylation sites (tertiary alicyclic amines) is 1. The Kier molecular flexibility index (Phi) is 6.21. The number of hydrogen-bond acceptors (Lipinski definition) is 7. The molecule has 0 unspecified atom stereocenters. The van der Waals surface area contributed by atoms with Gasteiger partial charge in [-0.15, -0.1) is 5.10 Å². The van der Waals surface area contributed by atoms with Crippen molar-refractivity contribution in [2.45, 2.75) is 25.3 Å². The molecule has 184 valence electrons. The van der Waals surface area contributed by atoms with Gasteiger partial charge in [0.15, 0.2) is 5.76 Å². The first-order valence-electron chi connectivity index (χ1n) is 12.2. The Bertz CT molecular complexity index is 1440. The highest BCUT2D eigenvalue weighted by Crippen LogP contribution is 2.42. The van der Waals surface area contributed by atoms with Crippen LogP contribution in [0, 0.1) is 5.92 Å². The van der Waals surface area contributed by atoms with Gasteiger partial charge in [0, 0.05) is 0 Å². The summed E-state index contributed by atoms with van der Waals surface area (Å²) in [5.74, 6) is 2.63. The normalized spacial score (nSPS) is 15.9. The number of aromatic hydroxyl groups is 1. The van der Waals surface area contributed by atoms with Crippen LogP contribution in [-0.2, 0) is 6.42 Å². The van der Waals surface area contributed by atoms with E-state index in [1.165, 1.54) is 21.4 Å². The fourth-order valence-corrected chi connectivity index (χ4v) is 6.26. The molecule has 0 amide bonds. The summed E-state index contributed by atoms with van der Waals surface area (Å²) in [5, 5.41) is 15.8. The lowest BCUT2D eigenvalue weighted by molar-refractivity contribution is 0.150. The van der Waals surface area contributed by atoms with Gasteiger partial charge in [0.1, 0.15) is 5.75 Å². The molecule has 2 aromatic carbocycles. The third-order valence-electron chi connectivity index (χ3n) is 6.98. The summed E-state index contributed by atoms with van der Waals surface area (Å²) in [6, 6.07) is 22.4. The molecule has 6 rings (SSSR count). The van der Waals surface area contributed by atoms with E-state index in [-0.39, 0.29) is 11.9 Å². The van der Waals surface area contributed by atoms with Crippen LogP contribution in [0.4, 0.5) is 0 Å². The topological polar surface area (TPSA) is 76.0 Å². The zero-order chi connectivity index (χ0) is 24.5. The largest absolute Gasteiger partial charge is 0.497 e. The summed E-state index contributed by atoms with van der Waals surface area (Å²) in [5.41, 5.74) is 2.48. The highest BCUT2D eigenvalue weighted by Gasteiger charge is 2.32. The lowest BCUT2D eigenvalue weighted by Crippen LogP contribution is -2.37. The predicted octanol–water partition coefficient (Wildman–Crippen LogP) is 5.81. The smallest absolute Gasteiger partial charge is 0.230 e. The first-order valence-corrected chi connectivity index (χ1v) is 13.1. The van der Waals surface area contributed by atoms with Crippen LogP contribution in [0.2, 0.25) is 0 Å². The Morgan fingerprint density at radius 2 is 1.92 bits per heavy atom. The fourth-order valence-electron chi connectivity index (χ4n) is 5.14. The van der Waals surface area contributed by atoms with Crippen LogP contribution in [0.3, 0.4) is 0 Å². The van der Waals surface area contributed by atoms with Crippen molar-refractivity contribution < 1.29 is 14.3 Å². The van der Waals surface area contributed by atoms with Crippen molar-refractivity contribution in [1.29, 1.82) is 0 Å². The number of furan rings is 1. The third kappa shape index (κ3) is 4.38. The number of nitrogens with zero attached hydrogens (tertiary/aromatic N) is 4. The van der Waals surface area contributed by atoms with E-state index in [9.17, 15) is 5.11 Å². The number of piperidine rings is 1. The first-order chi connectivity index (χ1) is 17.7. The quantitative estimate of drug-likeness (QED) is 0.304. The van der Waals surface area contributed by atoms with Gasteiger partial charge in [-0.25, -0.2) is 0 Å². The van der Waals surface area contributed by atoms with Gasteiger partial charge in [0.25, 0.3) is 0 Å². The monoisotopic (exact) mass is 500 g/mol. The first kappa shape index (κ1) is 22.8. The molecule has 0 saturated carbocycles. The molecule has 0 bridgehead atoms. The molecule has 0 aliphatic carbocycles. The number of ether oxygens (including phenoxy) is 1. The highest BCUT2D eigenvalue weighted by atomic mass is 32.1. The van der Waals surface area contributed by atoms with Gasteiger partial charge in [-0.3, -0.25) is 4.90 Å². The minimum atomic E-state index is -0.113. The van der Waals surface area contributed by atoms with Gasteiger partial charge in [-0.2, -0.15) is 9.50 Å². The summed E-state index contributed by atoms with van der Waals surface area (Å²) < 4.78 is 12.5. The Labute approximate surface area is 213 Å². The maximum Gasteiger partial charge on any atom is 0.230 e. The Balaban J connectivity index is 1.31. The molecule has 5 aromatic rings. The van der Waals surface area contributed by atoms with Crippen molar-refractivity contribution in [2.24, 2.45) is 5.92 Å². The van der Waals surface area contributed by atoms with Crippen LogP contribution in [0.5, 0.6) is 11.6 Å². The van der Waals surface area contributed by atoms with Gasteiger partial charge in [-0.1, -0.05) is 53.8 Å². The van der Waals surface area contributed by atoms with Gasteiger partial charge in [0.05, 0.1) is 24.3 Å². The van der Waals surface area contributed by atoms with Crippen LogP contribution in [0.1, 0.15) is 34.9 Å². The molecule has 1 saturated heterocycles. The maximum absolute atomic E-state index is 11.3. The molecule has 7 nitrogen and oxygen atoms in total. The van der Waals surface area contributed by atoms with E-state index in [2.05, 4.69) is 57.4 Å². The number of thiazole rings is 1. The molecule has 1 aliphatic heterocycles. The van der Waals surface area contributed by atoms with Crippen LogP contribution in [0.25, 0.3) is 16.5 Å². The Hall–Kier alpha value is -3.62. The molecule has 4 heterocycles. The van der Waals surface area contributed by atoms with Crippen molar-refractivity contribution in [3.8, 4) is 23.2 Å². The van der Waals surface area contributed by atoms with E-state index in [4.69, 9.17) is 9.15 Å². The second-order valence-corrected chi connectivity index (χ2v) is 10.3. The van der Waals surface area contributed by atoms with Crippen LogP contribution >= 0.6 is 11.3 Å². The van der Waals surface area contributed by atoms with Crippen molar-refractivity contribution in [3.63, 3.8) is 0 Å². The lowest BCUT2D eigenvalue weighted by Gasteiger charge is -2.37. The van der Waals surface area contributed by atoms with Crippen molar-refractivity contribution in [2.75, 3.05) is 20.2 Å². The molecule has 1 aliphatic rings. The van der Waals surface area contributed by atoms with Crippen molar-refractivity contribution in [1.82, 2.24) is 19.5 Å². The van der Waals surface area contributed by atoms with Crippen LogP contribution in [-0.4, -0.2) is 44.8 Å². The second-order valence-electron chi connectivity index (χ2n) is 9.25. The van der Waals surface area contributed by atoms with Crippen molar-refractivity contribution >= 4 is 16.3 Å². The molecule has 1 fully saturated rings. The molecule has 1 N–H and O–H groups in total. The SMILES string of the molecule is COc1cccc([C@H](c2sc3nc(-c4ccco4)nn3c2O)N2CCC(Cc3ccccc3)CC2)c1. The molecular formula is C28H28N4O3S. The summed E-state index contributed by atoms with van der Waals surface area (Å²) in [4.78, 5) is 8.57. The molecule has 0 spiro atoms. The molecule has 3 aromatic heterocycles. The third-order valence-corrected chi connectivity index (χ3v) is 8.05. The van der Waals surface area contributed by atoms with Crippen molar-refractivity contribution in [3.05, 3.63) is 89.0 Å². The number of hydrogen-bond donors (Lipinski definition) is 1. The minimum absolute atomic E-state index is 0.113. The number of rotatable bonds is 7. The zero-order valence-corrected chi connectivity index (χ0v) is 20.9. The van der Waals surface area contributed by atoms with E-state index < -0.39 is 0 Å². The highest BCUT2D eigenvalue weighted by molar-refractivity contribution is 7.17. The molecular weight excluding hydrogens is 472 g/mol. The zero-order valence-electron chi connectivity index (χ0n) is 20.1. The summed E-state index contributed by atoms with van der Waals surface area (Å²) >= 11 is 1.47. The number of benzene rings is 2. The van der Waals surface area contributed by atoms with E-state index in [1.54, 1.807) is 19.4 Å².